The molecule has 5 nitrogen and oxygen atoms in total. The molecule has 0 saturated carbocycles. The zero-order chi connectivity index (χ0) is 14.7. The Labute approximate surface area is 119 Å². The Morgan fingerprint density at radius 3 is 3.00 bits per heavy atom. The van der Waals surface area contributed by atoms with Gasteiger partial charge < -0.3 is 14.5 Å². The Balaban J connectivity index is 2.08. The second-order valence-electron chi connectivity index (χ2n) is 5.80. The van der Waals surface area contributed by atoms with E-state index in [0.717, 1.165) is 31.5 Å². The number of likely N-dealkylation sites (tertiary alicyclic amines) is 1. The van der Waals surface area contributed by atoms with Crippen molar-refractivity contribution in [3.05, 3.63) is 17.5 Å². The molecule has 0 aromatic carbocycles. The van der Waals surface area contributed by atoms with E-state index in [9.17, 15) is 9.90 Å². The fraction of sp³-hybridized carbons (Fsp3) is 0.733. The molecule has 0 bridgehead atoms. The fourth-order valence-corrected chi connectivity index (χ4v) is 2.71. The molecule has 3 atom stereocenters. The van der Waals surface area contributed by atoms with Crippen LogP contribution in [0.4, 0.5) is 0 Å². The number of hydrogen-bond donors (Lipinski definition) is 1. The summed E-state index contributed by atoms with van der Waals surface area (Å²) in [6.07, 6.45) is 3.13. The molecule has 3 unspecified atom stereocenters. The van der Waals surface area contributed by atoms with Crippen molar-refractivity contribution in [1.82, 2.24) is 10.1 Å². The van der Waals surface area contributed by atoms with Crippen molar-refractivity contribution in [2.45, 2.75) is 64.5 Å². The molecule has 5 heteroatoms. The van der Waals surface area contributed by atoms with E-state index < -0.39 is 0 Å². The average molecular weight is 280 g/mol. The molecule has 0 spiro atoms. The number of aliphatic hydroxyl groups excluding tert-OH is 1. The Morgan fingerprint density at radius 2 is 2.35 bits per heavy atom. The summed E-state index contributed by atoms with van der Waals surface area (Å²) in [5.41, 5.74) is 0.835. The summed E-state index contributed by atoms with van der Waals surface area (Å²) >= 11 is 0. The number of amides is 1. The third kappa shape index (κ3) is 3.20. The first-order valence-corrected chi connectivity index (χ1v) is 7.48. The summed E-state index contributed by atoms with van der Waals surface area (Å²) < 4.78 is 5.21. The van der Waals surface area contributed by atoms with Gasteiger partial charge in [0.05, 0.1) is 11.8 Å². The Bertz CT molecular complexity index is 456. The molecule has 1 saturated heterocycles. The van der Waals surface area contributed by atoms with E-state index in [1.165, 1.54) is 0 Å². The van der Waals surface area contributed by atoms with Crippen LogP contribution >= 0.6 is 0 Å². The van der Waals surface area contributed by atoms with E-state index in [1.54, 1.807) is 13.0 Å². The van der Waals surface area contributed by atoms with E-state index in [1.807, 2.05) is 4.90 Å². The van der Waals surface area contributed by atoms with Crippen molar-refractivity contribution in [2.24, 2.45) is 0 Å². The minimum absolute atomic E-state index is 0.102. The van der Waals surface area contributed by atoms with Gasteiger partial charge in [-0.15, -0.1) is 0 Å². The van der Waals surface area contributed by atoms with E-state index in [4.69, 9.17) is 4.52 Å². The molecule has 0 radical (unpaired) electrons. The molecule has 2 rings (SSSR count). The second kappa shape index (κ2) is 6.39. The lowest BCUT2D eigenvalue weighted by molar-refractivity contribution is 0.0641. The van der Waals surface area contributed by atoms with Crippen LogP contribution in [-0.2, 0) is 0 Å². The van der Waals surface area contributed by atoms with Crippen molar-refractivity contribution in [3.63, 3.8) is 0 Å². The Hall–Kier alpha value is -1.36. The van der Waals surface area contributed by atoms with Gasteiger partial charge in [0.1, 0.15) is 0 Å². The van der Waals surface area contributed by atoms with Crippen molar-refractivity contribution in [1.29, 1.82) is 0 Å². The quantitative estimate of drug-likeness (QED) is 0.900. The number of rotatable bonds is 5. The molecule has 1 fully saturated rings. The number of carbonyl (C=O) groups is 1. The normalized spacial score (nSPS) is 22.0. The van der Waals surface area contributed by atoms with Gasteiger partial charge in [-0.1, -0.05) is 19.0 Å². The zero-order valence-electron chi connectivity index (χ0n) is 12.5. The monoisotopic (exact) mass is 280 g/mol. The predicted molar refractivity (Wildman–Crippen MR) is 75.6 cm³/mol. The molecule has 1 N–H and O–H groups in total. The fourth-order valence-electron chi connectivity index (χ4n) is 2.71. The lowest BCUT2D eigenvalue weighted by atomic mass is 10.0. The molecule has 1 aromatic rings. The lowest BCUT2D eigenvalue weighted by Crippen LogP contribution is -2.37. The number of aromatic nitrogens is 1. The molecule has 0 aliphatic carbocycles. The largest absolute Gasteiger partial charge is 0.393 e. The van der Waals surface area contributed by atoms with Crippen molar-refractivity contribution in [3.8, 4) is 0 Å². The predicted octanol–water partition coefficient (Wildman–Crippen LogP) is 2.56. The van der Waals surface area contributed by atoms with Crippen LogP contribution in [-0.4, -0.2) is 39.8 Å². The molecular weight excluding hydrogens is 256 g/mol. The summed E-state index contributed by atoms with van der Waals surface area (Å²) in [5.74, 6) is 0.514. The Morgan fingerprint density at radius 1 is 1.60 bits per heavy atom. The molecule has 112 valence electrons. The average Bonchev–Trinajstić information content (AvgIpc) is 3.05. The van der Waals surface area contributed by atoms with Crippen molar-refractivity contribution < 1.29 is 14.4 Å². The summed E-state index contributed by atoms with van der Waals surface area (Å²) in [5, 5.41) is 13.5. The highest BCUT2D eigenvalue weighted by Gasteiger charge is 2.32. The maximum absolute atomic E-state index is 12.5. The van der Waals surface area contributed by atoms with Crippen LogP contribution in [0.2, 0.25) is 0 Å². The summed E-state index contributed by atoms with van der Waals surface area (Å²) in [6.45, 7) is 6.64. The van der Waals surface area contributed by atoms with Gasteiger partial charge in [0, 0.05) is 24.6 Å². The molecule has 1 aliphatic rings. The first kappa shape index (κ1) is 15.0. The van der Waals surface area contributed by atoms with E-state index in [2.05, 4.69) is 19.0 Å². The highest BCUT2D eigenvalue weighted by molar-refractivity contribution is 5.91. The summed E-state index contributed by atoms with van der Waals surface area (Å²) in [4.78, 5) is 14.3. The molecular formula is C15H24N2O3. The molecule has 1 aromatic heterocycles. The van der Waals surface area contributed by atoms with Crippen LogP contribution in [0.25, 0.3) is 0 Å². The van der Waals surface area contributed by atoms with Crippen LogP contribution in [0.3, 0.4) is 0 Å². The standard InChI is InChI=1S/C15H24N2O3/c1-4-10(2)13-9-14(20-16-13)15(19)17-7-5-6-12(17)8-11(3)18/h9-12,18H,4-8H2,1-3H3. The van der Waals surface area contributed by atoms with Gasteiger partial charge in [0.15, 0.2) is 0 Å². The van der Waals surface area contributed by atoms with E-state index in [-0.39, 0.29) is 18.1 Å². The van der Waals surface area contributed by atoms with Gasteiger partial charge in [-0.3, -0.25) is 4.79 Å². The van der Waals surface area contributed by atoms with Gasteiger partial charge in [-0.25, -0.2) is 0 Å². The third-order valence-corrected chi connectivity index (χ3v) is 4.11. The topological polar surface area (TPSA) is 66.6 Å². The van der Waals surface area contributed by atoms with Gasteiger partial charge in [0.2, 0.25) is 5.76 Å². The van der Waals surface area contributed by atoms with Gasteiger partial charge in [-0.05, 0) is 32.6 Å². The Kier molecular flexibility index (Phi) is 4.81. The maximum atomic E-state index is 12.5. The van der Waals surface area contributed by atoms with Crippen LogP contribution in [0.1, 0.15) is 68.6 Å². The SMILES string of the molecule is CCC(C)c1cc(C(=O)N2CCCC2CC(C)O)on1. The lowest BCUT2D eigenvalue weighted by Gasteiger charge is -2.24. The van der Waals surface area contributed by atoms with Crippen molar-refractivity contribution >= 4 is 5.91 Å². The highest BCUT2D eigenvalue weighted by atomic mass is 16.5. The van der Waals surface area contributed by atoms with Crippen LogP contribution in [0.15, 0.2) is 10.6 Å². The van der Waals surface area contributed by atoms with Crippen LogP contribution < -0.4 is 0 Å². The molecule has 2 heterocycles. The molecule has 20 heavy (non-hydrogen) atoms. The minimum Gasteiger partial charge on any atom is -0.393 e. The van der Waals surface area contributed by atoms with Crippen molar-refractivity contribution in [2.75, 3.05) is 6.54 Å². The van der Waals surface area contributed by atoms with E-state index in [0.29, 0.717) is 18.1 Å². The smallest absolute Gasteiger partial charge is 0.292 e. The van der Waals surface area contributed by atoms with Crippen LogP contribution in [0, 0.1) is 0 Å². The summed E-state index contributed by atoms with van der Waals surface area (Å²) in [7, 11) is 0. The maximum Gasteiger partial charge on any atom is 0.292 e. The first-order valence-electron chi connectivity index (χ1n) is 7.48. The second-order valence-corrected chi connectivity index (χ2v) is 5.80. The molecule has 1 aliphatic heterocycles. The zero-order valence-corrected chi connectivity index (χ0v) is 12.5. The number of hydrogen-bond acceptors (Lipinski definition) is 4. The van der Waals surface area contributed by atoms with Gasteiger partial charge in [-0.2, -0.15) is 0 Å². The van der Waals surface area contributed by atoms with E-state index >= 15 is 0 Å². The number of carbonyl (C=O) groups excluding carboxylic acids is 1. The number of aliphatic hydroxyl groups is 1. The van der Waals surface area contributed by atoms with Gasteiger partial charge >= 0.3 is 0 Å². The minimum atomic E-state index is -0.390. The third-order valence-electron chi connectivity index (χ3n) is 4.11. The molecule has 1 amide bonds. The van der Waals surface area contributed by atoms with Gasteiger partial charge in [0.25, 0.3) is 5.91 Å². The first-order chi connectivity index (χ1) is 9.52. The summed E-state index contributed by atoms with van der Waals surface area (Å²) in [6, 6.07) is 1.87. The number of nitrogens with zero attached hydrogens (tertiary/aromatic N) is 2. The highest BCUT2D eigenvalue weighted by Crippen LogP contribution is 2.25. The van der Waals surface area contributed by atoms with Crippen LogP contribution in [0.5, 0.6) is 0 Å².